The number of hydrogen-bond donors (Lipinski definition) is 2. The fourth-order valence-corrected chi connectivity index (χ4v) is 1.97. The van der Waals surface area contributed by atoms with Gasteiger partial charge in [0.25, 0.3) is 0 Å². The Morgan fingerprint density at radius 2 is 1.88 bits per heavy atom. The maximum Gasteiger partial charge on any atom is 0.127 e. The van der Waals surface area contributed by atoms with Gasteiger partial charge < -0.3 is 20.5 Å². The molecule has 1 rings (SSSR count). The van der Waals surface area contributed by atoms with Crippen molar-refractivity contribution >= 4 is 0 Å². The van der Waals surface area contributed by atoms with E-state index in [1.165, 1.54) is 0 Å². The lowest BCUT2D eigenvalue weighted by atomic mass is 9.98. The van der Waals surface area contributed by atoms with Gasteiger partial charge in [0.15, 0.2) is 0 Å². The van der Waals surface area contributed by atoms with Gasteiger partial charge in [0.05, 0.1) is 14.2 Å². The van der Waals surface area contributed by atoms with Crippen LogP contribution in [0, 0.1) is 13.8 Å². The number of ether oxygens (including phenoxy) is 2. The van der Waals surface area contributed by atoms with Crippen molar-refractivity contribution in [1.82, 2.24) is 5.32 Å². The average Bonchev–Trinajstić information content (AvgIpc) is 2.32. The molecule has 96 valence electrons. The Balaban J connectivity index is 3.31. The van der Waals surface area contributed by atoms with Crippen molar-refractivity contribution in [3.63, 3.8) is 0 Å². The molecule has 0 aliphatic rings. The van der Waals surface area contributed by atoms with Gasteiger partial charge in [-0.2, -0.15) is 0 Å². The molecule has 0 aliphatic carbocycles. The Hall–Kier alpha value is -1.26. The largest absolute Gasteiger partial charge is 0.496 e. The molecule has 17 heavy (non-hydrogen) atoms. The highest BCUT2D eigenvalue weighted by atomic mass is 16.5. The second-order valence-electron chi connectivity index (χ2n) is 4.12. The van der Waals surface area contributed by atoms with Gasteiger partial charge in [0.2, 0.25) is 0 Å². The van der Waals surface area contributed by atoms with E-state index in [2.05, 4.69) is 5.32 Å². The van der Waals surface area contributed by atoms with Crippen LogP contribution in [0.15, 0.2) is 6.07 Å². The second-order valence-corrected chi connectivity index (χ2v) is 4.12. The van der Waals surface area contributed by atoms with E-state index in [-0.39, 0.29) is 6.04 Å². The molecule has 4 heteroatoms. The summed E-state index contributed by atoms with van der Waals surface area (Å²) in [7, 11) is 5.22. The highest BCUT2D eigenvalue weighted by molar-refractivity contribution is 5.53. The standard InChI is InChI=1S/C13H22N2O2/c1-8-9(2)13(17-5)10(6-12(8)16-4)11(14)7-15-3/h6,11,15H,7,14H2,1-5H3. The van der Waals surface area contributed by atoms with Crippen LogP contribution in [0.3, 0.4) is 0 Å². The zero-order chi connectivity index (χ0) is 13.0. The predicted molar refractivity (Wildman–Crippen MR) is 69.9 cm³/mol. The summed E-state index contributed by atoms with van der Waals surface area (Å²) < 4.78 is 10.8. The second kappa shape index (κ2) is 5.89. The van der Waals surface area contributed by atoms with Crippen molar-refractivity contribution in [1.29, 1.82) is 0 Å². The van der Waals surface area contributed by atoms with Gasteiger partial charge in [-0.15, -0.1) is 0 Å². The molecule has 0 heterocycles. The summed E-state index contributed by atoms with van der Waals surface area (Å²) in [5.41, 5.74) is 9.27. The van der Waals surface area contributed by atoms with Gasteiger partial charge in [-0.25, -0.2) is 0 Å². The SMILES string of the molecule is CNCC(N)c1cc(OC)c(C)c(C)c1OC. The lowest BCUT2D eigenvalue weighted by molar-refractivity contribution is 0.389. The number of hydrogen-bond acceptors (Lipinski definition) is 4. The van der Waals surface area contributed by atoms with E-state index in [0.717, 1.165) is 28.2 Å². The maximum atomic E-state index is 6.13. The molecule has 0 aliphatic heterocycles. The van der Waals surface area contributed by atoms with E-state index in [0.29, 0.717) is 6.54 Å². The summed E-state index contributed by atoms with van der Waals surface area (Å²) in [6.07, 6.45) is 0. The van der Waals surface area contributed by atoms with Gasteiger partial charge in [-0.3, -0.25) is 0 Å². The molecule has 0 amide bonds. The summed E-state index contributed by atoms with van der Waals surface area (Å²) in [5.74, 6) is 1.70. The first-order valence-electron chi connectivity index (χ1n) is 5.69. The van der Waals surface area contributed by atoms with Crippen LogP contribution in [0.2, 0.25) is 0 Å². The first kappa shape index (κ1) is 13.8. The van der Waals surface area contributed by atoms with Gasteiger partial charge in [0.1, 0.15) is 11.5 Å². The summed E-state index contributed by atoms with van der Waals surface area (Å²) in [4.78, 5) is 0. The number of methoxy groups -OCH3 is 2. The lowest BCUT2D eigenvalue weighted by Gasteiger charge is -2.20. The van der Waals surface area contributed by atoms with Gasteiger partial charge in [-0.1, -0.05) is 0 Å². The minimum Gasteiger partial charge on any atom is -0.496 e. The van der Waals surface area contributed by atoms with E-state index >= 15 is 0 Å². The van der Waals surface area contributed by atoms with Gasteiger partial charge in [-0.05, 0) is 38.1 Å². The van der Waals surface area contributed by atoms with E-state index in [1.54, 1.807) is 14.2 Å². The first-order valence-corrected chi connectivity index (χ1v) is 5.69. The van der Waals surface area contributed by atoms with Gasteiger partial charge >= 0.3 is 0 Å². The van der Waals surface area contributed by atoms with Crippen molar-refractivity contribution in [2.75, 3.05) is 27.8 Å². The van der Waals surface area contributed by atoms with E-state index in [1.807, 2.05) is 27.0 Å². The van der Waals surface area contributed by atoms with Crippen LogP contribution >= 0.6 is 0 Å². The number of nitrogens with one attached hydrogen (secondary N) is 1. The van der Waals surface area contributed by atoms with E-state index < -0.39 is 0 Å². The van der Waals surface area contributed by atoms with Crippen LogP contribution < -0.4 is 20.5 Å². The Kier molecular flexibility index (Phi) is 4.78. The van der Waals surface area contributed by atoms with Crippen molar-refractivity contribution in [2.45, 2.75) is 19.9 Å². The van der Waals surface area contributed by atoms with Crippen molar-refractivity contribution in [3.8, 4) is 11.5 Å². The Labute approximate surface area is 103 Å². The van der Waals surface area contributed by atoms with Crippen LogP contribution in [-0.2, 0) is 0 Å². The minimum atomic E-state index is -0.108. The average molecular weight is 238 g/mol. The van der Waals surface area contributed by atoms with Gasteiger partial charge in [0, 0.05) is 18.2 Å². The number of benzene rings is 1. The zero-order valence-electron chi connectivity index (χ0n) is 11.3. The molecule has 0 saturated carbocycles. The van der Waals surface area contributed by atoms with Crippen LogP contribution in [-0.4, -0.2) is 27.8 Å². The normalized spacial score (nSPS) is 12.4. The summed E-state index contributed by atoms with van der Waals surface area (Å²) in [5, 5.41) is 3.07. The third-order valence-corrected chi connectivity index (χ3v) is 3.07. The van der Waals surface area contributed by atoms with E-state index in [9.17, 15) is 0 Å². The highest BCUT2D eigenvalue weighted by Gasteiger charge is 2.18. The van der Waals surface area contributed by atoms with E-state index in [4.69, 9.17) is 15.2 Å². The zero-order valence-corrected chi connectivity index (χ0v) is 11.3. The molecule has 0 fully saturated rings. The minimum absolute atomic E-state index is 0.108. The third-order valence-electron chi connectivity index (χ3n) is 3.07. The summed E-state index contributed by atoms with van der Waals surface area (Å²) in [6, 6.07) is 1.85. The van der Waals surface area contributed by atoms with Crippen molar-refractivity contribution < 1.29 is 9.47 Å². The topological polar surface area (TPSA) is 56.5 Å². The predicted octanol–water partition coefficient (Wildman–Crippen LogP) is 1.54. The molecule has 0 saturated heterocycles. The van der Waals surface area contributed by atoms with Crippen LogP contribution in [0.4, 0.5) is 0 Å². The summed E-state index contributed by atoms with van der Waals surface area (Å²) in [6.45, 7) is 4.73. The molecule has 0 spiro atoms. The Bertz CT molecular complexity index is 391. The molecule has 1 unspecified atom stereocenters. The Morgan fingerprint density at radius 1 is 1.24 bits per heavy atom. The molecule has 0 radical (unpaired) electrons. The van der Waals surface area contributed by atoms with Crippen molar-refractivity contribution in [2.24, 2.45) is 5.73 Å². The number of nitrogens with two attached hydrogens (primary N) is 1. The fourth-order valence-electron chi connectivity index (χ4n) is 1.97. The maximum absolute atomic E-state index is 6.13. The molecule has 0 aromatic heterocycles. The lowest BCUT2D eigenvalue weighted by Crippen LogP contribution is -2.24. The quantitative estimate of drug-likeness (QED) is 0.817. The van der Waals surface area contributed by atoms with Crippen LogP contribution in [0.1, 0.15) is 22.7 Å². The van der Waals surface area contributed by atoms with Crippen molar-refractivity contribution in [3.05, 3.63) is 22.8 Å². The van der Waals surface area contributed by atoms with Crippen LogP contribution in [0.25, 0.3) is 0 Å². The fraction of sp³-hybridized carbons (Fsp3) is 0.538. The monoisotopic (exact) mass is 238 g/mol. The molecular formula is C13H22N2O2. The Morgan fingerprint density at radius 3 is 2.35 bits per heavy atom. The third kappa shape index (κ3) is 2.70. The van der Waals surface area contributed by atoms with Crippen LogP contribution in [0.5, 0.6) is 11.5 Å². The molecular weight excluding hydrogens is 216 g/mol. The highest BCUT2D eigenvalue weighted by Crippen LogP contribution is 2.35. The molecule has 1 aromatic rings. The number of likely N-dealkylation sites (N-methyl/N-ethyl adjacent to an activating group) is 1. The molecule has 4 nitrogen and oxygen atoms in total. The molecule has 1 atom stereocenters. The molecule has 3 N–H and O–H groups in total. The molecule has 1 aromatic carbocycles. The first-order chi connectivity index (χ1) is 8.06. The molecule has 0 bridgehead atoms. The summed E-state index contributed by atoms with van der Waals surface area (Å²) >= 11 is 0. The number of rotatable bonds is 5. The smallest absolute Gasteiger partial charge is 0.127 e.